The van der Waals surface area contributed by atoms with Crippen LogP contribution in [0.5, 0.6) is 11.5 Å². The van der Waals surface area contributed by atoms with Crippen LogP contribution in [0, 0.1) is 33.5 Å². The maximum Gasteiger partial charge on any atom is 0.310 e. The standard InChI is InChI=1S/C42H47NO8S2/c1-26-9-6-7-10-30-29(26)12-14-33(50-52(45,46)24-40-18-16-27(21-35(40)44)38(40,2)3)36(30)37-31-11-8-20-43-32(31)13-15-34(37)51-53(47,48)25-41-19-17-28(39(41,4)5)22-42(41)23-49-42/h6-8,10-15,20,27-28H,9,16-19,21-25H2,1-5H3. The fraction of sp³-hybridized carbons (Fsp3) is 0.524. The van der Waals surface area contributed by atoms with Crippen LogP contribution in [0.2, 0.25) is 0 Å². The number of rotatable bonds is 9. The van der Waals surface area contributed by atoms with E-state index < -0.39 is 47.8 Å². The van der Waals surface area contributed by atoms with E-state index >= 15 is 0 Å². The van der Waals surface area contributed by atoms with Crippen LogP contribution in [-0.4, -0.2) is 51.3 Å². The molecule has 5 fully saturated rings. The molecule has 5 unspecified atom stereocenters. The lowest BCUT2D eigenvalue weighted by atomic mass is 9.66. The van der Waals surface area contributed by atoms with Gasteiger partial charge in [0.25, 0.3) is 0 Å². The number of fused-ring (bicyclic) bond motifs is 7. The fourth-order valence-electron chi connectivity index (χ4n) is 11.6. The highest BCUT2D eigenvalue weighted by atomic mass is 32.2. The minimum absolute atomic E-state index is 0.0188. The van der Waals surface area contributed by atoms with Crippen LogP contribution < -0.4 is 18.8 Å². The van der Waals surface area contributed by atoms with Crippen molar-refractivity contribution >= 4 is 48.6 Å². The van der Waals surface area contributed by atoms with E-state index in [0.717, 1.165) is 36.5 Å². The molecule has 0 amide bonds. The molecule has 2 aromatic carbocycles. The van der Waals surface area contributed by atoms with Crippen LogP contribution in [-0.2, 0) is 29.8 Å². The molecule has 4 saturated carbocycles. The molecule has 0 N–H and O–H groups in total. The molecular weight excluding hydrogens is 711 g/mol. The minimum Gasteiger partial charge on any atom is -0.382 e. The highest BCUT2D eigenvalue weighted by Gasteiger charge is 2.77. The molecule has 9 rings (SSSR count). The van der Waals surface area contributed by atoms with Crippen molar-refractivity contribution in [3.63, 3.8) is 0 Å². The van der Waals surface area contributed by atoms with Gasteiger partial charge in [0.1, 0.15) is 5.78 Å². The number of ether oxygens (including phenoxy) is 1. The lowest BCUT2D eigenvalue weighted by molar-refractivity contribution is -0.128. The van der Waals surface area contributed by atoms with Gasteiger partial charge in [-0.1, -0.05) is 63.6 Å². The molecule has 9 nitrogen and oxygen atoms in total. The summed E-state index contributed by atoms with van der Waals surface area (Å²) in [6.45, 7) is 10.9. The van der Waals surface area contributed by atoms with Gasteiger partial charge in [-0.25, -0.2) is 0 Å². The Morgan fingerprint density at radius 1 is 0.868 bits per heavy atom. The van der Waals surface area contributed by atoms with Crippen molar-refractivity contribution in [1.82, 2.24) is 4.98 Å². The van der Waals surface area contributed by atoms with Crippen molar-refractivity contribution in [1.29, 1.82) is 0 Å². The van der Waals surface area contributed by atoms with Gasteiger partial charge in [0.2, 0.25) is 0 Å². The predicted octanol–water partition coefficient (Wildman–Crippen LogP) is 6.22. The molecular formula is C42H47NO8S2. The second kappa shape index (κ2) is 11.3. The van der Waals surface area contributed by atoms with Crippen molar-refractivity contribution in [2.24, 2.45) is 33.5 Å². The normalized spacial score (nSPS) is 31.9. The Hall–Kier alpha value is -3.54. The molecule has 6 aliphatic rings. The summed E-state index contributed by atoms with van der Waals surface area (Å²) in [5.74, 6) is -0.00348. The Morgan fingerprint density at radius 3 is 2.25 bits per heavy atom. The summed E-state index contributed by atoms with van der Waals surface area (Å²) in [6, 6.07) is 10.4. The van der Waals surface area contributed by atoms with E-state index in [0.29, 0.717) is 59.0 Å². The van der Waals surface area contributed by atoms with E-state index in [1.54, 1.807) is 30.5 Å². The molecule has 1 aromatic heterocycles. The second-order valence-electron chi connectivity index (χ2n) is 17.8. The second-order valence-corrected chi connectivity index (χ2v) is 20.9. The number of nitrogens with zero attached hydrogens (tertiary/aromatic N) is 1. The van der Waals surface area contributed by atoms with Crippen molar-refractivity contribution in [3.05, 3.63) is 65.2 Å². The van der Waals surface area contributed by atoms with Crippen LogP contribution in [0.3, 0.4) is 0 Å². The van der Waals surface area contributed by atoms with E-state index in [1.807, 2.05) is 51.1 Å². The maximum absolute atomic E-state index is 14.5. The zero-order valence-electron chi connectivity index (χ0n) is 31.0. The topological polar surface area (TPSA) is 129 Å². The highest BCUT2D eigenvalue weighted by Crippen LogP contribution is 2.75. The monoisotopic (exact) mass is 757 g/mol. The van der Waals surface area contributed by atoms with E-state index in [1.165, 1.54) is 0 Å². The first kappa shape index (κ1) is 35.2. The molecule has 0 radical (unpaired) electrons. The van der Waals surface area contributed by atoms with E-state index in [9.17, 15) is 21.6 Å². The number of Topliss-reactive ketones (excluding diaryl/α,β-unsaturated/α-hetero) is 1. The Morgan fingerprint density at radius 2 is 1.57 bits per heavy atom. The Bertz CT molecular complexity index is 2500. The lowest BCUT2D eigenvalue weighted by Gasteiger charge is -2.40. The summed E-state index contributed by atoms with van der Waals surface area (Å²) >= 11 is 0. The quantitative estimate of drug-likeness (QED) is 0.185. The first-order chi connectivity index (χ1) is 25.0. The van der Waals surface area contributed by atoms with Gasteiger partial charge < -0.3 is 13.1 Å². The van der Waals surface area contributed by atoms with Crippen molar-refractivity contribution in [3.8, 4) is 22.6 Å². The molecule has 3 aromatic rings. The number of aromatic nitrogens is 1. The smallest absolute Gasteiger partial charge is 0.310 e. The minimum atomic E-state index is -4.34. The molecule has 5 aliphatic carbocycles. The summed E-state index contributed by atoms with van der Waals surface area (Å²) in [4.78, 5) is 18.0. The third kappa shape index (κ3) is 4.94. The average Bonchev–Trinajstić information content (AvgIpc) is 3.73. The van der Waals surface area contributed by atoms with Crippen molar-refractivity contribution < 1.29 is 34.7 Å². The van der Waals surface area contributed by atoms with Crippen molar-refractivity contribution in [2.75, 3.05) is 18.1 Å². The molecule has 5 atom stereocenters. The Balaban J connectivity index is 1.20. The van der Waals surface area contributed by atoms with Crippen LogP contribution in [0.1, 0.15) is 79.6 Å². The number of carbonyl (C=O) groups excluding carboxylic acids is 1. The third-order valence-corrected chi connectivity index (χ3v) is 17.6. The number of benzene rings is 2. The number of hydrogen-bond donors (Lipinski definition) is 0. The molecule has 1 aliphatic heterocycles. The van der Waals surface area contributed by atoms with Gasteiger partial charge in [0.05, 0.1) is 34.6 Å². The van der Waals surface area contributed by atoms with Gasteiger partial charge in [-0.3, -0.25) is 9.78 Å². The fourth-order valence-corrected chi connectivity index (χ4v) is 15.2. The number of carbonyl (C=O) groups is 1. The average molecular weight is 758 g/mol. The Kier molecular flexibility index (Phi) is 7.47. The molecule has 280 valence electrons. The van der Waals surface area contributed by atoms with Crippen LogP contribution in [0.25, 0.3) is 33.7 Å². The first-order valence-electron chi connectivity index (χ1n) is 18.8. The maximum atomic E-state index is 14.5. The number of epoxide rings is 1. The van der Waals surface area contributed by atoms with Gasteiger partial charge in [-0.2, -0.15) is 16.8 Å². The summed E-state index contributed by atoms with van der Waals surface area (Å²) in [5, 5.41) is 2.14. The largest absolute Gasteiger partial charge is 0.382 e. The Labute approximate surface area is 311 Å². The molecule has 11 heteroatoms. The molecule has 1 saturated heterocycles. The van der Waals surface area contributed by atoms with Crippen molar-refractivity contribution in [2.45, 2.75) is 85.2 Å². The van der Waals surface area contributed by atoms with Crippen LogP contribution in [0.4, 0.5) is 0 Å². The molecule has 2 heterocycles. The van der Waals surface area contributed by atoms with Crippen LogP contribution in [0.15, 0.2) is 54.7 Å². The van der Waals surface area contributed by atoms with Gasteiger partial charge in [-0.05, 0) is 103 Å². The molecule has 4 bridgehead atoms. The first-order valence-corrected chi connectivity index (χ1v) is 22.0. The number of allylic oxidation sites excluding steroid dienone is 2. The van der Waals surface area contributed by atoms with E-state index in [-0.39, 0.29) is 34.4 Å². The lowest BCUT2D eigenvalue weighted by Crippen LogP contribution is -2.47. The summed E-state index contributed by atoms with van der Waals surface area (Å²) in [5.41, 5.74) is -0.371. The number of ketones is 1. The highest BCUT2D eigenvalue weighted by molar-refractivity contribution is 7.87. The zero-order chi connectivity index (χ0) is 37.4. The summed E-state index contributed by atoms with van der Waals surface area (Å²) < 4.78 is 75.9. The third-order valence-electron chi connectivity index (χ3n) is 15.0. The van der Waals surface area contributed by atoms with Gasteiger partial charge in [0, 0.05) is 34.5 Å². The predicted molar refractivity (Wildman–Crippen MR) is 203 cm³/mol. The molecule has 1 spiro atoms. The number of pyridine rings is 1. The van der Waals surface area contributed by atoms with Gasteiger partial charge >= 0.3 is 20.2 Å². The SMILES string of the molecule is CC1=c2ccc(OS(=O)(=O)CC34CCC(CC3=O)C4(C)C)c(-c3c(OS(=O)(=O)CC45CCC(CC46CO6)C5(C)C)ccc4ncccc34)c2=CC=CC1. The van der Waals surface area contributed by atoms with Gasteiger partial charge in [0.15, 0.2) is 11.5 Å². The van der Waals surface area contributed by atoms with Crippen LogP contribution >= 0.6 is 0 Å². The molecule has 53 heavy (non-hydrogen) atoms. The van der Waals surface area contributed by atoms with Gasteiger partial charge in [-0.15, -0.1) is 0 Å². The zero-order valence-corrected chi connectivity index (χ0v) is 32.7. The van der Waals surface area contributed by atoms with E-state index in [2.05, 4.69) is 18.8 Å². The number of hydrogen-bond acceptors (Lipinski definition) is 9. The van der Waals surface area contributed by atoms with E-state index in [4.69, 9.17) is 13.1 Å². The summed E-state index contributed by atoms with van der Waals surface area (Å²) in [7, 11) is -8.56. The summed E-state index contributed by atoms with van der Waals surface area (Å²) in [6.07, 6.45) is 12.4.